The predicted octanol–water partition coefficient (Wildman–Crippen LogP) is 4.56. The molecule has 0 N–H and O–H groups in total. The summed E-state index contributed by atoms with van der Waals surface area (Å²) in [6, 6.07) is 13.9. The van der Waals surface area contributed by atoms with Crippen LogP contribution in [0, 0.1) is 6.92 Å². The first kappa shape index (κ1) is 12.4. The first-order valence-corrected chi connectivity index (χ1v) is 6.90. The minimum atomic E-state index is 0.194. The summed E-state index contributed by atoms with van der Waals surface area (Å²) in [6.45, 7) is 1.91. The summed E-state index contributed by atoms with van der Waals surface area (Å²) in [5, 5.41) is 0.667. The summed E-state index contributed by atoms with van der Waals surface area (Å²) in [5.41, 5.74) is 4.36. The maximum absolute atomic E-state index is 12.4. The van der Waals surface area contributed by atoms with Crippen LogP contribution in [0.2, 0.25) is 5.02 Å². The fourth-order valence-corrected chi connectivity index (χ4v) is 2.96. The van der Waals surface area contributed by atoms with Gasteiger partial charge in [-0.05, 0) is 42.0 Å². The van der Waals surface area contributed by atoms with Crippen molar-refractivity contribution < 1.29 is 4.79 Å². The number of Topliss-reactive ketones (excluding diaryl/α,β-unsaturated/α-hetero) is 1. The third kappa shape index (κ3) is 2.19. The molecule has 0 saturated carbocycles. The highest BCUT2D eigenvalue weighted by Crippen LogP contribution is 2.38. The number of benzene rings is 2. The van der Waals surface area contributed by atoms with Crippen LogP contribution in [0.3, 0.4) is 0 Å². The molecule has 0 radical (unpaired) electrons. The zero-order valence-electron chi connectivity index (χ0n) is 10.8. The summed E-state index contributed by atoms with van der Waals surface area (Å²) >= 11 is 6.07. The van der Waals surface area contributed by atoms with Crippen molar-refractivity contribution in [1.82, 2.24) is 0 Å². The number of carbonyl (C=O) groups excluding carboxylic acids is 1. The summed E-state index contributed by atoms with van der Waals surface area (Å²) in [7, 11) is 0. The zero-order valence-corrected chi connectivity index (χ0v) is 11.6. The molecule has 0 bridgehead atoms. The summed E-state index contributed by atoms with van der Waals surface area (Å²) < 4.78 is 0. The van der Waals surface area contributed by atoms with Gasteiger partial charge in [-0.15, -0.1) is 0 Å². The van der Waals surface area contributed by atoms with E-state index in [0.29, 0.717) is 17.4 Å². The molecule has 1 aliphatic carbocycles. The normalized spacial score (nSPS) is 16.6. The highest BCUT2D eigenvalue weighted by atomic mass is 35.5. The molecule has 3 rings (SSSR count). The lowest BCUT2D eigenvalue weighted by molar-refractivity contribution is 0.0970. The Hall–Kier alpha value is -1.60. The summed E-state index contributed by atoms with van der Waals surface area (Å²) in [4.78, 5) is 12.4. The van der Waals surface area contributed by atoms with Gasteiger partial charge in [0, 0.05) is 17.0 Å². The van der Waals surface area contributed by atoms with Crippen LogP contribution < -0.4 is 0 Å². The minimum absolute atomic E-state index is 0.194. The molecule has 1 aliphatic rings. The van der Waals surface area contributed by atoms with E-state index in [1.54, 1.807) is 0 Å². The first-order valence-electron chi connectivity index (χ1n) is 6.53. The molecule has 19 heavy (non-hydrogen) atoms. The smallest absolute Gasteiger partial charge is 0.163 e. The van der Waals surface area contributed by atoms with Gasteiger partial charge in [-0.2, -0.15) is 0 Å². The van der Waals surface area contributed by atoms with Crippen molar-refractivity contribution in [1.29, 1.82) is 0 Å². The number of carbonyl (C=O) groups is 1. The molecule has 2 heteroatoms. The van der Waals surface area contributed by atoms with Crippen LogP contribution in [0.15, 0.2) is 42.5 Å². The van der Waals surface area contributed by atoms with Gasteiger partial charge in [0.05, 0.1) is 0 Å². The van der Waals surface area contributed by atoms with Gasteiger partial charge >= 0.3 is 0 Å². The molecule has 0 saturated heterocycles. The van der Waals surface area contributed by atoms with Gasteiger partial charge in [-0.3, -0.25) is 4.79 Å². The van der Waals surface area contributed by atoms with Crippen LogP contribution in [0.4, 0.5) is 0 Å². The Labute approximate surface area is 118 Å². The van der Waals surface area contributed by atoms with Crippen molar-refractivity contribution in [3.05, 3.63) is 69.7 Å². The lowest BCUT2D eigenvalue weighted by Gasteiger charge is -2.29. The average Bonchev–Trinajstić information content (AvgIpc) is 2.39. The van der Waals surface area contributed by atoms with Gasteiger partial charge in [0.25, 0.3) is 0 Å². The Bertz CT molecular complexity index is 645. The molecule has 0 amide bonds. The Morgan fingerprint density at radius 3 is 2.79 bits per heavy atom. The Morgan fingerprint density at radius 2 is 2.00 bits per heavy atom. The first-order chi connectivity index (χ1) is 9.16. The molecule has 1 nitrogen and oxygen atoms in total. The molecular weight excluding hydrogens is 256 g/mol. The van der Waals surface area contributed by atoms with E-state index in [1.807, 2.05) is 31.2 Å². The molecule has 0 aliphatic heterocycles. The van der Waals surface area contributed by atoms with Crippen molar-refractivity contribution in [2.24, 2.45) is 0 Å². The second kappa shape index (κ2) is 4.82. The predicted molar refractivity (Wildman–Crippen MR) is 78.0 cm³/mol. The van der Waals surface area contributed by atoms with E-state index in [0.717, 1.165) is 17.5 Å². The molecule has 2 aromatic rings. The Kier molecular flexibility index (Phi) is 3.16. The fraction of sp³-hybridized carbons (Fsp3) is 0.235. The number of fused-ring (bicyclic) bond motifs is 1. The van der Waals surface area contributed by atoms with E-state index in [9.17, 15) is 4.79 Å². The molecule has 0 spiro atoms. The van der Waals surface area contributed by atoms with Gasteiger partial charge in [-0.1, -0.05) is 48.0 Å². The van der Waals surface area contributed by atoms with Crippen molar-refractivity contribution in [3.8, 4) is 0 Å². The van der Waals surface area contributed by atoms with Gasteiger partial charge in [0.1, 0.15) is 0 Å². The van der Waals surface area contributed by atoms with Crippen molar-refractivity contribution >= 4 is 17.4 Å². The van der Waals surface area contributed by atoms with Gasteiger partial charge in [-0.25, -0.2) is 0 Å². The molecule has 0 fully saturated rings. The lowest BCUT2D eigenvalue weighted by Crippen LogP contribution is -2.20. The standard InChI is InChI=1S/C17H15ClO/c1-11-14(7-4-8-16(11)18)17(19)10-13-9-12-5-2-3-6-15(12)13/h2-8,13H,9-10H2,1H3. The third-order valence-electron chi connectivity index (χ3n) is 3.96. The number of rotatable bonds is 3. The maximum Gasteiger partial charge on any atom is 0.163 e. The molecule has 0 aromatic heterocycles. The Balaban J connectivity index is 1.79. The van der Waals surface area contributed by atoms with Crippen LogP contribution in [0.5, 0.6) is 0 Å². The van der Waals surface area contributed by atoms with E-state index in [4.69, 9.17) is 11.6 Å². The molecule has 2 aromatic carbocycles. The topological polar surface area (TPSA) is 17.1 Å². The van der Waals surface area contributed by atoms with Crippen LogP contribution >= 0.6 is 11.6 Å². The number of halogens is 1. The molecule has 96 valence electrons. The molecule has 0 heterocycles. The molecule has 1 atom stereocenters. The van der Waals surface area contributed by atoms with Crippen LogP contribution in [-0.2, 0) is 6.42 Å². The van der Waals surface area contributed by atoms with E-state index in [-0.39, 0.29) is 5.78 Å². The van der Waals surface area contributed by atoms with Gasteiger partial charge < -0.3 is 0 Å². The highest BCUT2D eigenvalue weighted by molar-refractivity contribution is 6.31. The number of hydrogen-bond donors (Lipinski definition) is 0. The van der Waals surface area contributed by atoms with E-state index < -0.39 is 0 Å². The summed E-state index contributed by atoms with van der Waals surface area (Å²) in [5.74, 6) is 0.571. The fourth-order valence-electron chi connectivity index (χ4n) is 2.79. The summed E-state index contributed by atoms with van der Waals surface area (Å²) in [6.07, 6.45) is 1.60. The number of ketones is 1. The van der Waals surface area contributed by atoms with E-state index in [1.165, 1.54) is 11.1 Å². The largest absolute Gasteiger partial charge is 0.294 e. The highest BCUT2D eigenvalue weighted by Gasteiger charge is 2.28. The van der Waals surface area contributed by atoms with Crippen molar-refractivity contribution in [3.63, 3.8) is 0 Å². The zero-order chi connectivity index (χ0) is 13.4. The van der Waals surface area contributed by atoms with Gasteiger partial charge in [0.15, 0.2) is 5.78 Å². The number of hydrogen-bond acceptors (Lipinski definition) is 1. The average molecular weight is 271 g/mol. The van der Waals surface area contributed by atoms with Gasteiger partial charge in [0.2, 0.25) is 0 Å². The SMILES string of the molecule is Cc1c(Cl)cccc1C(=O)CC1Cc2ccccc21. The monoisotopic (exact) mass is 270 g/mol. The molecular formula is C17H15ClO. The Morgan fingerprint density at radius 1 is 1.21 bits per heavy atom. The van der Waals surface area contributed by atoms with Crippen molar-refractivity contribution in [2.75, 3.05) is 0 Å². The quantitative estimate of drug-likeness (QED) is 0.747. The van der Waals surface area contributed by atoms with Crippen LogP contribution in [0.25, 0.3) is 0 Å². The molecule has 1 unspecified atom stereocenters. The van der Waals surface area contributed by atoms with E-state index >= 15 is 0 Å². The lowest BCUT2D eigenvalue weighted by atomic mass is 9.74. The van der Waals surface area contributed by atoms with Crippen LogP contribution in [0.1, 0.15) is 39.4 Å². The maximum atomic E-state index is 12.4. The second-order valence-electron chi connectivity index (χ2n) is 5.14. The second-order valence-corrected chi connectivity index (χ2v) is 5.55. The third-order valence-corrected chi connectivity index (χ3v) is 4.37. The van der Waals surface area contributed by atoms with E-state index in [2.05, 4.69) is 18.2 Å². The van der Waals surface area contributed by atoms with Crippen LogP contribution in [-0.4, -0.2) is 5.78 Å². The minimum Gasteiger partial charge on any atom is -0.294 e. The van der Waals surface area contributed by atoms with Crippen molar-refractivity contribution in [2.45, 2.75) is 25.7 Å².